The Kier molecular flexibility index (Phi) is 10.5. The number of nitrogens with zero attached hydrogens (tertiary/aromatic N) is 2. The van der Waals surface area contributed by atoms with Gasteiger partial charge in [0.05, 0.1) is 18.2 Å². The first-order valence-corrected chi connectivity index (χ1v) is 21.8. The van der Waals surface area contributed by atoms with Gasteiger partial charge in [0.25, 0.3) is 0 Å². The Balaban J connectivity index is 1.24. The summed E-state index contributed by atoms with van der Waals surface area (Å²) in [5.41, 5.74) is 4.63. The number of likely N-dealkylation sites (N-methyl/N-ethyl adjacent to an activating group) is 1. The van der Waals surface area contributed by atoms with E-state index in [4.69, 9.17) is 0 Å². The van der Waals surface area contributed by atoms with Gasteiger partial charge in [-0.2, -0.15) is 0 Å². The molecule has 55 heavy (non-hydrogen) atoms. The first kappa shape index (κ1) is 40.4. The molecule has 7 heteroatoms. The number of amides is 1. The van der Waals surface area contributed by atoms with Gasteiger partial charge in [0, 0.05) is 24.9 Å². The number of rotatable bonds is 11. The molecule has 6 aliphatic rings. The molecule has 302 valence electrons. The van der Waals surface area contributed by atoms with Crippen molar-refractivity contribution in [2.24, 2.45) is 56.7 Å². The second-order valence-corrected chi connectivity index (χ2v) is 20.7. The predicted octanol–water partition coefficient (Wildman–Crippen LogP) is 9.30. The number of hydrogen-bond donors (Lipinski definition) is 2. The topological polar surface area (TPSA) is 98.2 Å². The van der Waals surface area contributed by atoms with E-state index in [2.05, 4.69) is 54.5 Å². The van der Waals surface area contributed by atoms with Gasteiger partial charge in [-0.25, -0.2) is 4.79 Å². The molecular formula is C48H70N2O5. The lowest BCUT2D eigenvalue weighted by molar-refractivity contribution is -0.208. The quantitative estimate of drug-likeness (QED) is 0.234. The van der Waals surface area contributed by atoms with Crippen LogP contribution in [0.5, 0.6) is 0 Å². The molecule has 0 spiro atoms. The molecule has 1 aromatic carbocycles. The third-order valence-electron chi connectivity index (χ3n) is 17.3. The number of carbonyl (C=O) groups is 3. The zero-order valence-electron chi connectivity index (χ0n) is 35.5. The molecule has 0 bridgehead atoms. The van der Waals surface area contributed by atoms with E-state index in [1.807, 2.05) is 36.0 Å². The number of Topliss-reactive ketones (excluding diaryl/α,β-unsaturated/α-hetero) is 1. The van der Waals surface area contributed by atoms with Gasteiger partial charge < -0.3 is 20.0 Å². The molecule has 7 nitrogen and oxygen atoms in total. The molecule has 2 N–H and O–H groups in total. The number of ketones is 1. The maximum Gasteiger partial charge on any atom is 0.335 e. The first-order valence-electron chi connectivity index (χ1n) is 21.8. The zero-order valence-corrected chi connectivity index (χ0v) is 35.5. The molecule has 0 saturated heterocycles. The van der Waals surface area contributed by atoms with Gasteiger partial charge in [-0.05, 0) is 158 Å². The van der Waals surface area contributed by atoms with Crippen LogP contribution in [0.4, 0.5) is 0 Å². The smallest absolute Gasteiger partial charge is 0.335 e. The third kappa shape index (κ3) is 6.14. The summed E-state index contributed by atoms with van der Waals surface area (Å²) in [5.74, 6) is 1.28. The number of aliphatic hydroxyl groups is 1. The van der Waals surface area contributed by atoms with Crippen molar-refractivity contribution in [3.05, 3.63) is 52.6 Å². The van der Waals surface area contributed by atoms with Gasteiger partial charge in [-0.3, -0.25) is 9.59 Å². The summed E-state index contributed by atoms with van der Waals surface area (Å²) in [6.45, 7) is 18.2. The van der Waals surface area contributed by atoms with Crippen molar-refractivity contribution in [3.8, 4) is 0 Å². The summed E-state index contributed by atoms with van der Waals surface area (Å²) in [4.78, 5) is 43.5. The van der Waals surface area contributed by atoms with Crippen molar-refractivity contribution >= 4 is 23.2 Å². The van der Waals surface area contributed by atoms with E-state index >= 15 is 0 Å². The Morgan fingerprint density at radius 2 is 1.62 bits per heavy atom. The number of benzene rings is 1. The maximum absolute atomic E-state index is 14.3. The molecule has 4 fully saturated rings. The Hall–Kier alpha value is -2.77. The number of carboxylic acids is 1. The molecule has 4 saturated carbocycles. The first-order chi connectivity index (χ1) is 25.9. The highest BCUT2D eigenvalue weighted by atomic mass is 16.4. The van der Waals surface area contributed by atoms with Crippen LogP contribution in [0.2, 0.25) is 0 Å². The standard InChI is InChI=1S/C48H70N2O5/c1-10-48-25-24-47(39(52)28-50(27-31-12-11-13-31)40(53)29-49(8)9)26-36(51)41(30(2)3)42(47)35(48)18-19-38-45(6)22-20-34(32-14-16-33(17-15-32)43(54)55)44(4,5)37(45)21-23-46(38,48)7/h14-17,20,30-31,35,37-39,52H,10-13,18-19,21-29H2,1-9H3,(H,54,55)/t35-,37-,38-,39+,45+,46-,47+,48-/m1/s1. The molecule has 1 amide bonds. The number of allylic oxidation sites excluding steroid dienone is 3. The lowest BCUT2D eigenvalue weighted by Gasteiger charge is -2.72. The SMILES string of the molecule is CC[C@@]12CC[C@@]3([C@@H](O)CN(CC4CCC4)C(=O)CN(C)C)CC(=O)C(C(C)C)=C3[C@H]1CC[C@@H]1[C@@]3(C)CC=C(c4ccc(C(=O)O)cc4)C(C)(C)[C@H]3CC[C@]12C. The summed E-state index contributed by atoms with van der Waals surface area (Å²) < 4.78 is 0. The van der Waals surface area contributed by atoms with Crippen molar-refractivity contribution in [2.45, 2.75) is 132 Å². The predicted molar refractivity (Wildman–Crippen MR) is 219 cm³/mol. The van der Waals surface area contributed by atoms with Crippen LogP contribution in [0.15, 0.2) is 41.5 Å². The van der Waals surface area contributed by atoms with Crippen LogP contribution < -0.4 is 0 Å². The average molecular weight is 755 g/mol. The van der Waals surface area contributed by atoms with Crippen molar-refractivity contribution < 1.29 is 24.6 Å². The fraction of sp³-hybridized carbons (Fsp3) is 0.729. The highest BCUT2D eigenvalue weighted by molar-refractivity contribution is 6.01. The van der Waals surface area contributed by atoms with Crippen LogP contribution in [0, 0.1) is 56.7 Å². The highest BCUT2D eigenvalue weighted by Crippen LogP contribution is 2.78. The van der Waals surface area contributed by atoms with Crippen molar-refractivity contribution in [1.82, 2.24) is 9.80 Å². The highest BCUT2D eigenvalue weighted by Gasteiger charge is 2.71. The lowest BCUT2D eigenvalue weighted by Crippen LogP contribution is -2.65. The maximum atomic E-state index is 14.3. The molecule has 6 aliphatic carbocycles. The molecule has 8 atom stereocenters. The largest absolute Gasteiger partial charge is 0.478 e. The Morgan fingerprint density at radius 3 is 2.20 bits per heavy atom. The Morgan fingerprint density at radius 1 is 0.927 bits per heavy atom. The van der Waals surface area contributed by atoms with Gasteiger partial charge in [0.1, 0.15) is 0 Å². The molecule has 1 aromatic rings. The summed E-state index contributed by atoms with van der Waals surface area (Å²) in [6, 6.07) is 7.49. The number of carbonyl (C=O) groups excluding carboxylic acids is 2. The third-order valence-corrected chi connectivity index (χ3v) is 17.3. The fourth-order valence-electron chi connectivity index (χ4n) is 14.6. The second kappa shape index (κ2) is 14.3. The van der Waals surface area contributed by atoms with Crippen molar-refractivity contribution in [3.63, 3.8) is 0 Å². The minimum Gasteiger partial charge on any atom is -0.478 e. The molecule has 7 rings (SSSR count). The van der Waals surface area contributed by atoms with Crippen molar-refractivity contribution in [2.75, 3.05) is 33.7 Å². The molecule has 0 aliphatic heterocycles. The van der Waals surface area contributed by atoms with E-state index in [0.29, 0.717) is 49.4 Å². The van der Waals surface area contributed by atoms with Gasteiger partial charge in [-0.1, -0.05) is 78.7 Å². The number of aliphatic hydroxyl groups excluding tert-OH is 1. The number of aromatic carboxylic acids is 1. The van der Waals surface area contributed by atoms with Crippen LogP contribution in [0.1, 0.15) is 141 Å². The minimum absolute atomic E-state index is 0.0281. The van der Waals surface area contributed by atoms with Crippen LogP contribution in [0.25, 0.3) is 5.57 Å². The summed E-state index contributed by atoms with van der Waals surface area (Å²) >= 11 is 0. The summed E-state index contributed by atoms with van der Waals surface area (Å²) in [6.07, 6.45) is 13.9. The summed E-state index contributed by atoms with van der Waals surface area (Å²) in [7, 11) is 3.86. The van der Waals surface area contributed by atoms with Gasteiger partial charge in [-0.15, -0.1) is 0 Å². The lowest BCUT2D eigenvalue weighted by atomic mass is 9.32. The summed E-state index contributed by atoms with van der Waals surface area (Å²) in [5, 5.41) is 22.2. The average Bonchev–Trinajstić information content (AvgIpc) is 3.41. The number of fused-ring (bicyclic) bond motifs is 7. The van der Waals surface area contributed by atoms with Crippen LogP contribution in [0.3, 0.4) is 0 Å². The van der Waals surface area contributed by atoms with Gasteiger partial charge in [0.15, 0.2) is 5.78 Å². The fourth-order valence-corrected chi connectivity index (χ4v) is 14.6. The molecule has 0 radical (unpaired) electrons. The van der Waals surface area contributed by atoms with Crippen LogP contribution >= 0.6 is 0 Å². The zero-order chi connectivity index (χ0) is 39.9. The van der Waals surface area contributed by atoms with E-state index in [1.165, 1.54) is 17.6 Å². The van der Waals surface area contributed by atoms with E-state index in [1.54, 1.807) is 12.1 Å². The van der Waals surface area contributed by atoms with E-state index < -0.39 is 17.5 Å². The van der Waals surface area contributed by atoms with E-state index in [-0.39, 0.29) is 45.2 Å². The van der Waals surface area contributed by atoms with E-state index in [0.717, 1.165) is 75.3 Å². The van der Waals surface area contributed by atoms with Crippen LogP contribution in [-0.4, -0.2) is 77.5 Å². The second-order valence-electron chi connectivity index (χ2n) is 20.7. The van der Waals surface area contributed by atoms with Crippen LogP contribution in [-0.2, 0) is 9.59 Å². The molecule has 0 heterocycles. The minimum atomic E-state index is -0.892. The number of carboxylic acid groups (broad SMARTS) is 1. The molecule has 0 unspecified atom stereocenters. The normalized spacial score (nSPS) is 36.0. The number of hydrogen-bond acceptors (Lipinski definition) is 5. The molecular weight excluding hydrogens is 685 g/mol. The molecule has 0 aromatic heterocycles. The van der Waals surface area contributed by atoms with Crippen molar-refractivity contribution in [1.29, 1.82) is 0 Å². The van der Waals surface area contributed by atoms with E-state index in [9.17, 15) is 24.6 Å². The Bertz CT molecular complexity index is 1750. The Labute approximate surface area is 331 Å². The van der Waals surface area contributed by atoms with Gasteiger partial charge >= 0.3 is 5.97 Å². The van der Waals surface area contributed by atoms with Gasteiger partial charge in [0.2, 0.25) is 5.91 Å². The monoisotopic (exact) mass is 755 g/mol.